The Balaban J connectivity index is 1.95. The predicted octanol–water partition coefficient (Wildman–Crippen LogP) is 1.98. The van der Waals surface area contributed by atoms with Crippen molar-refractivity contribution >= 4 is 11.9 Å². The van der Waals surface area contributed by atoms with E-state index in [1.165, 1.54) is 17.0 Å². The zero-order valence-corrected chi connectivity index (χ0v) is 11.8. The van der Waals surface area contributed by atoms with Gasteiger partial charge < -0.3 is 14.7 Å². The summed E-state index contributed by atoms with van der Waals surface area (Å²) >= 11 is 0. The molecule has 1 aromatic carbocycles. The van der Waals surface area contributed by atoms with Crippen LogP contribution in [0.4, 0.5) is 4.39 Å². The molecule has 1 aliphatic rings. The molecule has 0 aromatic heterocycles. The molecule has 114 valence electrons. The number of carboxylic acids is 1. The highest BCUT2D eigenvalue weighted by atomic mass is 19.1. The third kappa shape index (κ3) is 3.93. The van der Waals surface area contributed by atoms with Crippen LogP contribution < -0.4 is 4.74 Å². The number of hydrogen-bond acceptors (Lipinski definition) is 3. The van der Waals surface area contributed by atoms with Gasteiger partial charge in [-0.25, -0.2) is 4.39 Å². The highest BCUT2D eigenvalue weighted by Gasteiger charge is 2.30. The zero-order chi connectivity index (χ0) is 15.4. The third-order valence-corrected chi connectivity index (χ3v) is 3.55. The molecule has 1 saturated heterocycles. The van der Waals surface area contributed by atoms with E-state index in [4.69, 9.17) is 9.84 Å². The van der Waals surface area contributed by atoms with Crippen LogP contribution in [-0.4, -0.2) is 41.1 Å². The molecular formula is C15H18FNO4. The summed E-state index contributed by atoms with van der Waals surface area (Å²) in [5.41, 5.74) is 0.837. The van der Waals surface area contributed by atoms with Gasteiger partial charge in [-0.2, -0.15) is 0 Å². The Labute approximate surface area is 122 Å². The molecule has 0 radical (unpaired) electrons. The average molecular weight is 295 g/mol. The number of benzene rings is 1. The Kier molecular flexibility index (Phi) is 4.77. The maximum atomic E-state index is 13.5. The van der Waals surface area contributed by atoms with Crippen molar-refractivity contribution in [2.45, 2.75) is 32.2 Å². The molecular weight excluding hydrogens is 277 g/mol. The van der Waals surface area contributed by atoms with E-state index in [-0.39, 0.29) is 30.7 Å². The average Bonchev–Trinajstić information content (AvgIpc) is 2.86. The minimum absolute atomic E-state index is 0.0392. The van der Waals surface area contributed by atoms with Gasteiger partial charge in [0.05, 0.1) is 6.42 Å². The molecule has 2 rings (SSSR count). The number of aryl methyl sites for hydroxylation is 1. The standard InChI is InChI=1S/C15H18FNO4/c1-10-4-5-12(16)13(7-10)21-9-14(18)17-6-2-3-11(17)8-15(19)20/h4-5,7,11H,2-3,6,8-9H2,1H3,(H,19,20)/t11-/m0/s1. The van der Waals surface area contributed by atoms with Crippen LogP contribution in [0, 0.1) is 12.7 Å². The van der Waals surface area contributed by atoms with Crippen molar-refractivity contribution in [1.29, 1.82) is 0 Å². The fraction of sp³-hybridized carbons (Fsp3) is 0.467. The van der Waals surface area contributed by atoms with E-state index in [0.717, 1.165) is 12.0 Å². The molecule has 1 fully saturated rings. The number of hydrogen-bond donors (Lipinski definition) is 1. The first-order valence-electron chi connectivity index (χ1n) is 6.87. The van der Waals surface area contributed by atoms with Gasteiger partial charge in [0, 0.05) is 12.6 Å². The van der Waals surface area contributed by atoms with E-state index in [2.05, 4.69) is 0 Å². The first kappa shape index (κ1) is 15.3. The van der Waals surface area contributed by atoms with Gasteiger partial charge in [-0.3, -0.25) is 9.59 Å². The van der Waals surface area contributed by atoms with Gasteiger partial charge in [0.2, 0.25) is 0 Å². The molecule has 1 aliphatic heterocycles. The van der Waals surface area contributed by atoms with Crippen LogP contribution >= 0.6 is 0 Å². The summed E-state index contributed by atoms with van der Waals surface area (Å²) in [5, 5.41) is 8.83. The molecule has 0 bridgehead atoms. The van der Waals surface area contributed by atoms with E-state index in [1.807, 2.05) is 0 Å². The third-order valence-electron chi connectivity index (χ3n) is 3.55. The minimum atomic E-state index is -0.926. The van der Waals surface area contributed by atoms with Crippen LogP contribution in [0.3, 0.4) is 0 Å². The Morgan fingerprint density at radius 2 is 2.24 bits per heavy atom. The molecule has 1 aromatic rings. The number of amides is 1. The van der Waals surface area contributed by atoms with Crippen LogP contribution in [0.15, 0.2) is 18.2 Å². The lowest BCUT2D eigenvalue weighted by molar-refractivity contribution is -0.140. The molecule has 6 heteroatoms. The van der Waals surface area contributed by atoms with Crippen molar-refractivity contribution in [1.82, 2.24) is 4.90 Å². The van der Waals surface area contributed by atoms with Gasteiger partial charge in [-0.05, 0) is 37.5 Å². The number of likely N-dealkylation sites (tertiary alicyclic amines) is 1. The number of ether oxygens (including phenoxy) is 1. The summed E-state index contributed by atoms with van der Waals surface area (Å²) in [6.07, 6.45) is 1.39. The summed E-state index contributed by atoms with van der Waals surface area (Å²) in [7, 11) is 0. The lowest BCUT2D eigenvalue weighted by Crippen LogP contribution is -2.39. The number of nitrogens with zero attached hydrogens (tertiary/aromatic N) is 1. The first-order valence-corrected chi connectivity index (χ1v) is 6.87. The van der Waals surface area contributed by atoms with Crippen molar-refractivity contribution in [2.75, 3.05) is 13.2 Å². The SMILES string of the molecule is Cc1ccc(F)c(OCC(=O)N2CCC[C@H]2CC(=O)O)c1. The number of rotatable bonds is 5. The lowest BCUT2D eigenvalue weighted by atomic mass is 10.1. The second kappa shape index (κ2) is 6.56. The maximum Gasteiger partial charge on any atom is 0.305 e. The second-order valence-electron chi connectivity index (χ2n) is 5.20. The van der Waals surface area contributed by atoms with E-state index in [9.17, 15) is 14.0 Å². The van der Waals surface area contributed by atoms with Crippen molar-refractivity contribution in [3.8, 4) is 5.75 Å². The molecule has 0 saturated carbocycles. The van der Waals surface area contributed by atoms with Crippen molar-refractivity contribution < 1.29 is 23.8 Å². The highest BCUT2D eigenvalue weighted by Crippen LogP contribution is 2.22. The molecule has 1 amide bonds. The van der Waals surface area contributed by atoms with Crippen LogP contribution in [0.5, 0.6) is 5.75 Å². The molecule has 0 spiro atoms. The molecule has 1 heterocycles. The molecule has 0 unspecified atom stereocenters. The Morgan fingerprint density at radius 3 is 2.95 bits per heavy atom. The van der Waals surface area contributed by atoms with Crippen LogP contribution in [0.2, 0.25) is 0 Å². The normalized spacial score (nSPS) is 17.8. The zero-order valence-electron chi connectivity index (χ0n) is 11.8. The van der Waals surface area contributed by atoms with Gasteiger partial charge in [0.1, 0.15) is 0 Å². The van der Waals surface area contributed by atoms with E-state index in [0.29, 0.717) is 13.0 Å². The summed E-state index contributed by atoms with van der Waals surface area (Å²) in [6, 6.07) is 4.15. The van der Waals surface area contributed by atoms with Crippen LogP contribution in [0.1, 0.15) is 24.8 Å². The van der Waals surface area contributed by atoms with E-state index in [1.54, 1.807) is 13.0 Å². The van der Waals surface area contributed by atoms with E-state index >= 15 is 0 Å². The first-order chi connectivity index (χ1) is 9.97. The van der Waals surface area contributed by atoms with Crippen LogP contribution in [0.25, 0.3) is 0 Å². The van der Waals surface area contributed by atoms with Crippen molar-refractivity contribution in [3.63, 3.8) is 0 Å². The van der Waals surface area contributed by atoms with E-state index < -0.39 is 11.8 Å². The number of aliphatic carboxylic acids is 1. The minimum Gasteiger partial charge on any atom is -0.481 e. The number of carbonyl (C=O) groups excluding carboxylic acids is 1. The Morgan fingerprint density at radius 1 is 1.48 bits per heavy atom. The monoisotopic (exact) mass is 295 g/mol. The van der Waals surface area contributed by atoms with Crippen molar-refractivity contribution in [3.05, 3.63) is 29.6 Å². The highest BCUT2D eigenvalue weighted by molar-refractivity contribution is 5.79. The van der Waals surface area contributed by atoms with Gasteiger partial charge in [-0.15, -0.1) is 0 Å². The summed E-state index contributed by atoms with van der Waals surface area (Å²) < 4.78 is 18.7. The lowest BCUT2D eigenvalue weighted by Gasteiger charge is -2.23. The van der Waals surface area contributed by atoms with Crippen molar-refractivity contribution in [2.24, 2.45) is 0 Å². The quantitative estimate of drug-likeness (QED) is 0.902. The smallest absolute Gasteiger partial charge is 0.305 e. The molecule has 5 nitrogen and oxygen atoms in total. The molecule has 0 aliphatic carbocycles. The van der Waals surface area contributed by atoms with Gasteiger partial charge >= 0.3 is 5.97 Å². The number of halogens is 1. The Hall–Kier alpha value is -2.11. The topological polar surface area (TPSA) is 66.8 Å². The Bertz CT molecular complexity index is 546. The second-order valence-corrected chi connectivity index (χ2v) is 5.20. The molecule has 1 atom stereocenters. The number of carboxylic acid groups (broad SMARTS) is 1. The largest absolute Gasteiger partial charge is 0.481 e. The number of carbonyl (C=O) groups is 2. The fourth-order valence-corrected chi connectivity index (χ4v) is 2.52. The fourth-order valence-electron chi connectivity index (χ4n) is 2.52. The summed E-state index contributed by atoms with van der Waals surface area (Å²) in [5.74, 6) is -1.71. The molecule has 1 N–H and O–H groups in total. The van der Waals surface area contributed by atoms with Crippen LogP contribution in [-0.2, 0) is 9.59 Å². The van der Waals surface area contributed by atoms with Gasteiger partial charge in [0.25, 0.3) is 5.91 Å². The predicted molar refractivity (Wildman–Crippen MR) is 73.6 cm³/mol. The van der Waals surface area contributed by atoms with Gasteiger partial charge in [-0.1, -0.05) is 6.07 Å². The molecule has 21 heavy (non-hydrogen) atoms. The van der Waals surface area contributed by atoms with Gasteiger partial charge in [0.15, 0.2) is 18.2 Å². The maximum absolute atomic E-state index is 13.5. The summed E-state index contributed by atoms with van der Waals surface area (Å²) in [6.45, 7) is 2.05. The summed E-state index contributed by atoms with van der Waals surface area (Å²) in [4.78, 5) is 24.4.